The summed E-state index contributed by atoms with van der Waals surface area (Å²) in [5.41, 5.74) is 0.640. The zero-order valence-corrected chi connectivity index (χ0v) is 9.73. The smallest absolute Gasteiger partial charge is 0.387 e. The third-order valence-electron chi connectivity index (χ3n) is 2.00. The van der Waals surface area contributed by atoms with E-state index in [2.05, 4.69) is 10.1 Å². The first-order chi connectivity index (χ1) is 7.65. The predicted octanol–water partition coefficient (Wildman–Crippen LogP) is 3.44. The molecule has 0 aliphatic carbocycles. The molecule has 0 aromatic heterocycles. The van der Waals surface area contributed by atoms with E-state index in [4.69, 9.17) is 11.6 Å². The molecule has 2 nitrogen and oxygen atoms in total. The molecular formula is C11H14ClF2NO. The number of para-hydroxylation sites is 1. The van der Waals surface area contributed by atoms with E-state index < -0.39 is 6.61 Å². The molecule has 1 rings (SSSR count). The van der Waals surface area contributed by atoms with E-state index in [1.807, 2.05) is 6.92 Å². The first-order valence-corrected chi connectivity index (χ1v) is 5.45. The lowest BCUT2D eigenvalue weighted by atomic mass is 10.2. The Hall–Kier alpha value is -0.870. The maximum absolute atomic E-state index is 12.2. The van der Waals surface area contributed by atoms with E-state index in [1.165, 1.54) is 6.07 Å². The van der Waals surface area contributed by atoms with Crippen molar-refractivity contribution in [2.45, 2.75) is 26.5 Å². The molecule has 0 aliphatic rings. The fraction of sp³-hybridized carbons (Fsp3) is 0.455. The van der Waals surface area contributed by atoms with Crippen molar-refractivity contribution in [2.24, 2.45) is 0 Å². The van der Waals surface area contributed by atoms with E-state index >= 15 is 0 Å². The molecule has 0 fully saturated rings. The fourth-order valence-corrected chi connectivity index (χ4v) is 1.55. The zero-order chi connectivity index (χ0) is 12.0. The molecule has 1 aromatic carbocycles. The number of nitrogens with one attached hydrogen (secondary N) is 1. The van der Waals surface area contributed by atoms with Crippen LogP contribution in [0.4, 0.5) is 8.78 Å². The quantitative estimate of drug-likeness (QED) is 0.780. The van der Waals surface area contributed by atoms with Gasteiger partial charge in [-0.05, 0) is 19.0 Å². The molecule has 90 valence electrons. The van der Waals surface area contributed by atoms with Gasteiger partial charge in [0.15, 0.2) is 0 Å². The molecule has 0 aliphatic heterocycles. The van der Waals surface area contributed by atoms with Crippen molar-refractivity contribution in [1.29, 1.82) is 0 Å². The van der Waals surface area contributed by atoms with Crippen LogP contribution in [0, 0.1) is 0 Å². The Bertz CT molecular complexity index is 334. The largest absolute Gasteiger partial charge is 0.433 e. The first-order valence-electron chi connectivity index (χ1n) is 5.08. The molecular weight excluding hydrogens is 236 g/mol. The van der Waals surface area contributed by atoms with Gasteiger partial charge in [-0.1, -0.05) is 30.7 Å². The lowest BCUT2D eigenvalue weighted by Crippen LogP contribution is -2.15. The number of hydrogen-bond donors (Lipinski definition) is 1. The molecule has 0 saturated carbocycles. The van der Waals surface area contributed by atoms with Gasteiger partial charge in [-0.3, -0.25) is 0 Å². The van der Waals surface area contributed by atoms with Crippen LogP contribution in [-0.2, 0) is 6.54 Å². The molecule has 0 unspecified atom stereocenters. The van der Waals surface area contributed by atoms with E-state index in [1.54, 1.807) is 12.1 Å². The average molecular weight is 250 g/mol. The van der Waals surface area contributed by atoms with Gasteiger partial charge < -0.3 is 10.1 Å². The molecule has 0 amide bonds. The highest BCUT2D eigenvalue weighted by atomic mass is 35.5. The van der Waals surface area contributed by atoms with Crippen LogP contribution < -0.4 is 10.1 Å². The second-order valence-corrected chi connectivity index (χ2v) is 3.69. The van der Waals surface area contributed by atoms with Crippen molar-refractivity contribution < 1.29 is 13.5 Å². The standard InChI is InChI=1S/C11H14ClF2NO/c1-2-6-15-7-8-4-3-5-9(12)10(8)16-11(13)14/h3-5,11,15H,2,6-7H2,1H3. The number of halogens is 3. The number of hydrogen-bond acceptors (Lipinski definition) is 2. The van der Waals surface area contributed by atoms with Crippen LogP contribution >= 0.6 is 11.6 Å². The first kappa shape index (κ1) is 13.2. The summed E-state index contributed by atoms with van der Waals surface area (Å²) in [6.07, 6.45) is 0.978. The van der Waals surface area contributed by atoms with Crippen LogP contribution in [0.5, 0.6) is 5.75 Å². The van der Waals surface area contributed by atoms with Crippen LogP contribution in [-0.4, -0.2) is 13.2 Å². The lowest BCUT2D eigenvalue weighted by Gasteiger charge is -2.12. The fourth-order valence-electron chi connectivity index (χ4n) is 1.31. The lowest BCUT2D eigenvalue weighted by molar-refractivity contribution is -0.0504. The van der Waals surface area contributed by atoms with Crippen LogP contribution in [0.3, 0.4) is 0 Å². The van der Waals surface area contributed by atoms with Gasteiger partial charge in [-0.2, -0.15) is 8.78 Å². The normalized spacial score (nSPS) is 10.8. The van der Waals surface area contributed by atoms with Crippen molar-refractivity contribution in [1.82, 2.24) is 5.32 Å². The van der Waals surface area contributed by atoms with Crippen molar-refractivity contribution in [3.63, 3.8) is 0 Å². The zero-order valence-electron chi connectivity index (χ0n) is 8.97. The Balaban J connectivity index is 2.76. The van der Waals surface area contributed by atoms with Crippen LogP contribution in [0.15, 0.2) is 18.2 Å². The van der Waals surface area contributed by atoms with Gasteiger partial charge in [0.2, 0.25) is 0 Å². The molecule has 1 aromatic rings. The summed E-state index contributed by atoms with van der Waals surface area (Å²) in [7, 11) is 0. The molecule has 5 heteroatoms. The van der Waals surface area contributed by atoms with E-state index in [0.717, 1.165) is 13.0 Å². The maximum atomic E-state index is 12.2. The van der Waals surface area contributed by atoms with Crippen LogP contribution in [0.25, 0.3) is 0 Å². The molecule has 0 heterocycles. The summed E-state index contributed by atoms with van der Waals surface area (Å²) in [5.74, 6) is 0.0581. The van der Waals surface area contributed by atoms with Crippen LogP contribution in [0.1, 0.15) is 18.9 Å². The van der Waals surface area contributed by atoms with Crippen molar-refractivity contribution >= 4 is 11.6 Å². The Morgan fingerprint density at radius 1 is 1.44 bits per heavy atom. The average Bonchev–Trinajstić information content (AvgIpc) is 2.23. The predicted molar refractivity (Wildman–Crippen MR) is 60.1 cm³/mol. The van der Waals surface area contributed by atoms with Gasteiger partial charge in [0, 0.05) is 12.1 Å². The highest BCUT2D eigenvalue weighted by molar-refractivity contribution is 6.32. The van der Waals surface area contributed by atoms with Crippen molar-refractivity contribution in [3.05, 3.63) is 28.8 Å². The van der Waals surface area contributed by atoms with Gasteiger partial charge in [0.05, 0.1) is 5.02 Å². The Morgan fingerprint density at radius 3 is 2.81 bits per heavy atom. The van der Waals surface area contributed by atoms with E-state index in [9.17, 15) is 8.78 Å². The number of alkyl halides is 2. The molecule has 1 N–H and O–H groups in total. The third kappa shape index (κ3) is 3.94. The minimum absolute atomic E-state index is 0.0581. The summed E-state index contributed by atoms with van der Waals surface area (Å²) < 4.78 is 28.7. The van der Waals surface area contributed by atoms with Crippen LogP contribution in [0.2, 0.25) is 5.02 Å². The minimum Gasteiger partial charge on any atom is -0.433 e. The van der Waals surface area contributed by atoms with Crippen molar-refractivity contribution in [2.75, 3.05) is 6.54 Å². The maximum Gasteiger partial charge on any atom is 0.387 e. The van der Waals surface area contributed by atoms with Gasteiger partial charge in [0.1, 0.15) is 5.75 Å². The summed E-state index contributed by atoms with van der Waals surface area (Å²) in [5, 5.41) is 3.31. The number of ether oxygens (including phenoxy) is 1. The second kappa shape index (κ2) is 6.66. The molecule has 0 atom stereocenters. The monoisotopic (exact) mass is 249 g/mol. The SMILES string of the molecule is CCCNCc1cccc(Cl)c1OC(F)F. The Kier molecular flexibility index (Phi) is 5.49. The Morgan fingerprint density at radius 2 is 2.19 bits per heavy atom. The molecule has 0 spiro atoms. The minimum atomic E-state index is -2.86. The Labute approximate surface area is 98.6 Å². The summed E-state index contributed by atoms with van der Waals surface area (Å²) in [6, 6.07) is 4.96. The molecule has 0 saturated heterocycles. The second-order valence-electron chi connectivity index (χ2n) is 3.28. The number of rotatable bonds is 6. The highest BCUT2D eigenvalue weighted by Gasteiger charge is 2.12. The van der Waals surface area contributed by atoms with Gasteiger partial charge in [0.25, 0.3) is 0 Å². The van der Waals surface area contributed by atoms with Gasteiger partial charge >= 0.3 is 6.61 Å². The number of benzene rings is 1. The highest BCUT2D eigenvalue weighted by Crippen LogP contribution is 2.29. The van der Waals surface area contributed by atoms with Crippen molar-refractivity contribution in [3.8, 4) is 5.75 Å². The summed E-state index contributed by atoms with van der Waals surface area (Å²) in [6.45, 7) is 0.461. The van der Waals surface area contributed by atoms with Gasteiger partial charge in [-0.25, -0.2) is 0 Å². The molecule has 16 heavy (non-hydrogen) atoms. The summed E-state index contributed by atoms with van der Waals surface area (Å²) in [4.78, 5) is 0. The summed E-state index contributed by atoms with van der Waals surface area (Å²) >= 11 is 5.80. The molecule has 0 bridgehead atoms. The topological polar surface area (TPSA) is 21.3 Å². The van der Waals surface area contributed by atoms with E-state index in [0.29, 0.717) is 12.1 Å². The third-order valence-corrected chi connectivity index (χ3v) is 2.30. The molecule has 0 radical (unpaired) electrons. The van der Waals surface area contributed by atoms with E-state index in [-0.39, 0.29) is 10.8 Å². The van der Waals surface area contributed by atoms with Gasteiger partial charge in [-0.15, -0.1) is 0 Å².